The third kappa shape index (κ3) is 3.68. The Balaban J connectivity index is 1.57. The van der Waals surface area contributed by atoms with Crippen molar-refractivity contribution in [2.45, 2.75) is 25.7 Å². The van der Waals surface area contributed by atoms with Gasteiger partial charge in [0.1, 0.15) is 23.1 Å². The van der Waals surface area contributed by atoms with Crippen LogP contribution in [0.15, 0.2) is 24.3 Å². The van der Waals surface area contributed by atoms with Crippen LogP contribution in [0.3, 0.4) is 0 Å². The number of nitrogens with zero attached hydrogens (tertiary/aromatic N) is 1. The Bertz CT molecular complexity index is 1130. The molecule has 1 fully saturated rings. The number of amides is 1. The Hall–Kier alpha value is -3.13. The number of esters is 1. The fraction of sp³-hybridized carbons (Fsp3) is 0.348. The van der Waals surface area contributed by atoms with Crippen molar-refractivity contribution in [3.63, 3.8) is 0 Å². The van der Waals surface area contributed by atoms with Crippen LogP contribution in [0.2, 0.25) is 5.02 Å². The van der Waals surface area contributed by atoms with Crippen LogP contribution in [-0.4, -0.2) is 38.4 Å². The molecule has 1 saturated heterocycles. The largest absolute Gasteiger partial charge is 0.495 e. The van der Waals surface area contributed by atoms with E-state index in [-0.39, 0.29) is 58.9 Å². The summed E-state index contributed by atoms with van der Waals surface area (Å²) in [5.41, 5.74) is 0.781. The lowest BCUT2D eigenvalue weighted by Crippen LogP contribution is -2.28. The van der Waals surface area contributed by atoms with Crippen LogP contribution in [-0.2, 0) is 9.59 Å². The molecule has 0 N–H and O–H groups in total. The van der Waals surface area contributed by atoms with E-state index < -0.39 is 17.7 Å². The maximum absolute atomic E-state index is 14.2. The van der Waals surface area contributed by atoms with Crippen LogP contribution in [0, 0.1) is 11.7 Å². The molecule has 4 rings (SSSR count). The number of hydrogen-bond donors (Lipinski definition) is 0. The number of carbonyl (C=O) groups excluding carboxylic acids is 3. The van der Waals surface area contributed by atoms with Gasteiger partial charge in [-0.15, -0.1) is 0 Å². The molecule has 2 aromatic rings. The zero-order valence-electron chi connectivity index (χ0n) is 17.7. The maximum atomic E-state index is 14.2. The van der Waals surface area contributed by atoms with Crippen LogP contribution >= 0.6 is 11.6 Å². The number of halogens is 2. The number of ketones is 1. The first kappa shape index (κ1) is 22.1. The lowest BCUT2D eigenvalue weighted by molar-refractivity contribution is -0.139. The Morgan fingerprint density at radius 1 is 1.09 bits per heavy atom. The van der Waals surface area contributed by atoms with Crippen LogP contribution in [0.1, 0.15) is 41.6 Å². The molecule has 0 spiro atoms. The van der Waals surface area contributed by atoms with Gasteiger partial charge in [0, 0.05) is 31.0 Å². The predicted octanol–water partition coefficient (Wildman–Crippen LogP) is 4.14. The molecule has 1 aliphatic heterocycles. The van der Waals surface area contributed by atoms with Gasteiger partial charge in [-0.1, -0.05) is 18.5 Å². The second-order valence-electron chi connectivity index (χ2n) is 7.85. The summed E-state index contributed by atoms with van der Waals surface area (Å²) >= 11 is 6.21. The van der Waals surface area contributed by atoms with Gasteiger partial charge in [-0.2, -0.15) is 0 Å². The summed E-state index contributed by atoms with van der Waals surface area (Å²) in [6.45, 7) is 1.80. The number of Topliss-reactive ketones (excluding diaryl/α,β-unsaturated/α-hetero) is 1. The first-order valence-corrected chi connectivity index (χ1v) is 10.4. The number of hydrogen-bond acceptors (Lipinski definition) is 6. The third-order valence-corrected chi connectivity index (χ3v) is 6.13. The lowest BCUT2D eigenvalue weighted by Gasteiger charge is -2.21. The molecule has 168 valence electrons. The van der Waals surface area contributed by atoms with Gasteiger partial charge in [-0.3, -0.25) is 14.4 Å². The van der Waals surface area contributed by atoms with Gasteiger partial charge in [0.05, 0.1) is 36.4 Å². The number of carbonyl (C=O) groups is 3. The first-order valence-electron chi connectivity index (χ1n) is 10.0. The second kappa shape index (κ2) is 8.43. The minimum atomic E-state index is -0.775. The molecule has 1 aliphatic carbocycles. The number of benzene rings is 2. The summed E-state index contributed by atoms with van der Waals surface area (Å²) in [4.78, 5) is 39.3. The number of anilines is 1. The molecule has 2 unspecified atom stereocenters. The molecule has 0 aromatic heterocycles. The standard InChI is InChI=1S/C23H21ClFNO6/c1-11-6-16(27)22-17(5-4-14(25)21(11)22)32-23(29)12-7-20(28)26(10-12)15-8-13(24)18(30-2)9-19(15)31-3/h4-5,8-9,11-12H,6-7,10H2,1-3H3. The fourth-order valence-electron chi connectivity index (χ4n) is 4.26. The highest BCUT2D eigenvalue weighted by molar-refractivity contribution is 6.32. The van der Waals surface area contributed by atoms with Gasteiger partial charge in [0.2, 0.25) is 5.91 Å². The van der Waals surface area contributed by atoms with Gasteiger partial charge in [-0.05, 0) is 24.1 Å². The van der Waals surface area contributed by atoms with E-state index >= 15 is 0 Å². The zero-order chi connectivity index (χ0) is 23.2. The molecule has 1 heterocycles. The van der Waals surface area contributed by atoms with Gasteiger partial charge in [0.25, 0.3) is 0 Å². The van der Waals surface area contributed by atoms with Crippen molar-refractivity contribution in [2.24, 2.45) is 5.92 Å². The first-order chi connectivity index (χ1) is 15.2. The van der Waals surface area contributed by atoms with Crippen molar-refractivity contribution >= 4 is 34.9 Å². The number of ether oxygens (including phenoxy) is 3. The minimum absolute atomic E-state index is 0.0247. The highest BCUT2D eigenvalue weighted by atomic mass is 35.5. The zero-order valence-corrected chi connectivity index (χ0v) is 18.5. The molecular weight excluding hydrogens is 441 g/mol. The van der Waals surface area contributed by atoms with E-state index in [1.165, 1.54) is 37.3 Å². The molecule has 32 heavy (non-hydrogen) atoms. The molecule has 0 radical (unpaired) electrons. The van der Waals surface area contributed by atoms with Crippen molar-refractivity contribution in [1.29, 1.82) is 0 Å². The predicted molar refractivity (Wildman–Crippen MR) is 114 cm³/mol. The average Bonchev–Trinajstić information content (AvgIpc) is 3.29. The summed E-state index contributed by atoms with van der Waals surface area (Å²) in [6.07, 6.45) is 0.0773. The molecule has 2 aromatic carbocycles. The Morgan fingerprint density at radius 2 is 1.81 bits per heavy atom. The van der Waals surface area contributed by atoms with E-state index in [0.717, 1.165) is 0 Å². The van der Waals surface area contributed by atoms with Crippen LogP contribution in [0.25, 0.3) is 0 Å². The van der Waals surface area contributed by atoms with Crippen molar-refractivity contribution in [3.8, 4) is 17.2 Å². The van der Waals surface area contributed by atoms with Crippen LogP contribution in [0.5, 0.6) is 17.2 Å². The molecule has 7 nitrogen and oxygen atoms in total. The minimum Gasteiger partial charge on any atom is -0.495 e. The summed E-state index contributed by atoms with van der Waals surface area (Å²) < 4.78 is 30.2. The summed E-state index contributed by atoms with van der Waals surface area (Å²) in [7, 11) is 2.91. The van der Waals surface area contributed by atoms with E-state index in [0.29, 0.717) is 17.2 Å². The quantitative estimate of drug-likeness (QED) is 0.491. The summed E-state index contributed by atoms with van der Waals surface area (Å²) in [5, 5.41) is 0.289. The third-order valence-electron chi connectivity index (χ3n) is 5.83. The van der Waals surface area contributed by atoms with Gasteiger partial charge >= 0.3 is 5.97 Å². The van der Waals surface area contributed by atoms with Crippen molar-refractivity contribution < 1.29 is 33.0 Å². The highest BCUT2D eigenvalue weighted by Crippen LogP contribution is 2.42. The molecule has 1 amide bonds. The van der Waals surface area contributed by atoms with E-state index in [9.17, 15) is 18.8 Å². The Labute approximate surface area is 189 Å². The van der Waals surface area contributed by atoms with Crippen LogP contribution < -0.4 is 19.1 Å². The number of methoxy groups -OCH3 is 2. The van der Waals surface area contributed by atoms with Crippen molar-refractivity contribution in [2.75, 3.05) is 25.7 Å². The molecule has 2 aliphatic rings. The molecule has 2 atom stereocenters. The number of fused-ring (bicyclic) bond motifs is 1. The smallest absolute Gasteiger partial charge is 0.316 e. The monoisotopic (exact) mass is 461 g/mol. The van der Waals surface area contributed by atoms with Gasteiger partial charge < -0.3 is 19.1 Å². The van der Waals surface area contributed by atoms with E-state index in [1.807, 2.05) is 0 Å². The summed E-state index contributed by atoms with van der Waals surface area (Å²) in [5.74, 6) is -2.02. The second-order valence-corrected chi connectivity index (χ2v) is 8.25. The molecule has 9 heteroatoms. The van der Waals surface area contributed by atoms with E-state index in [2.05, 4.69) is 0 Å². The topological polar surface area (TPSA) is 82.1 Å². The maximum Gasteiger partial charge on any atom is 0.316 e. The SMILES string of the molecule is COc1cc(OC)c(N2CC(C(=O)Oc3ccc(F)c4c3C(=O)CC4C)CC2=O)cc1Cl. The van der Waals surface area contributed by atoms with Gasteiger partial charge in [-0.25, -0.2) is 4.39 Å². The average molecular weight is 462 g/mol. The lowest BCUT2D eigenvalue weighted by atomic mass is 10.0. The van der Waals surface area contributed by atoms with E-state index in [4.69, 9.17) is 25.8 Å². The Kier molecular flexibility index (Phi) is 5.81. The molecule has 0 saturated carbocycles. The van der Waals surface area contributed by atoms with Gasteiger partial charge in [0.15, 0.2) is 5.78 Å². The summed E-state index contributed by atoms with van der Waals surface area (Å²) in [6, 6.07) is 5.57. The van der Waals surface area contributed by atoms with Crippen LogP contribution in [0.4, 0.5) is 10.1 Å². The van der Waals surface area contributed by atoms with Crippen molar-refractivity contribution in [1.82, 2.24) is 0 Å². The Morgan fingerprint density at radius 3 is 2.50 bits per heavy atom. The molecule has 0 bridgehead atoms. The highest BCUT2D eigenvalue weighted by Gasteiger charge is 2.39. The molecular formula is C23H21ClFNO6. The van der Waals surface area contributed by atoms with Crippen molar-refractivity contribution in [3.05, 3.63) is 46.2 Å². The fourth-order valence-corrected chi connectivity index (χ4v) is 4.49. The normalized spacial score (nSPS) is 19.8. The van der Waals surface area contributed by atoms with E-state index in [1.54, 1.807) is 13.0 Å². The number of rotatable bonds is 5.